The maximum atomic E-state index is 13.5. The van der Waals surface area contributed by atoms with Crippen LogP contribution < -0.4 is 26.2 Å². The molecular weight excluding hydrogens is 612 g/mol. The van der Waals surface area contributed by atoms with Crippen molar-refractivity contribution in [3.05, 3.63) is 59.7 Å². The molecule has 0 aromatic heterocycles. The highest BCUT2D eigenvalue weighted by Gasteiger charge is 2.31. The van der Waals surface area contributed by atoms with Gasteiger partial charge in [-0.25, -0.2) is 30.2 Å². The van der Waals surface area contributed by atoms with Crippen LogP contribution >= 0.6 is 0 Å². The first kappa shape index (κ1) is 37.7. The molecule has 2 aromatic carbocycles. The summed E-state index contributed by atoms with van der Waals surface area (Å²) in [7, 11) is 1.11. The van der Waals surface area contributed by atoms with Gasteiger partial charge < -0.3 is 24.8 Å². The summed E-state index contributed by atoms with van der Waals surface area (Å²) in [6.07, 6.45) is 0.0705. The third kappa shape index (κ3) is 13.6. The largest absolute Gasteiger partial charge is 0.469 e. The maximum Gasteiger partial charge on any atom is 0.428 e. The van der Waals surface area contributed by atoms with Gasteiger partial charge in [0.2, 0.25) is 5.91 Å². The topological polar surface area (TPSA) is 194 Å². The summed E-state index contributed by atoms with van der Waals surface area (Å²) in [6, 6.07) is 10.7. The molecule has 15 nitrogen and oxygen atoms in total. The van der Waals surface area contributed by atoms with Crippen molar-refractivity contribution in [2.45, 2.75) is 71.9 Å². The minimum Gasteiger partial charge on any atom is -0.469 e. The third-order valence-corrected chi connectivity index (χ3v) is 5.92. The molecule has 5 amide bonds. The highest BCUT2D eigenvalue weighted by Crippen LogP contribution is 2.31. The monoisotopic (exact) mass is 654 g/mol. The van der Waals surface area contributed by atoms with Crippen LogP contribution in [-0.4, -0.2) is 72.4 Å². The third-order valence-electron chi connectivity index (χ3n) is 5.92. The lowest BCUT2D eigenvalue weighted by atomic mass is 9.86. The molecule has 2 rings (SSSR count). The molecule has 0 aliphatic rings. The average Bonchev–Trinajstić information content (AvgIpc) is 2.95. The molecule has 0 bridgehead atoms. The van der Waals surface area contributed by atoms with E-state index in [-0.39, 0.29) is 11.2 Å². The number of urea groups is 1. The lowest BCUT2D eigenvalue weighted by molar-refractivity contribution is -0.149. The summed E-state index contributed by atoms with van der Waals surface area (Å²) < 4.78 is 15.3. The minimum absolute atomic E-state index is 0.264. The fourth-order valence-electron chi connectivity index (χ4n) is 3.91. The number of nitrogens with one attached hydrogen (secondary N) is 4. The zero-order chi connectivity index (χ0) is 35.4. The number of para-hydroxylation sites is 1. The van der Waals surface area contributed by atoms with E-state index in [0.717, 1.165) is 19.6 Å². The van der Waals surface area contributed by atoms with Gasteiger partial charge >= 0.3 is 24.1 Å². The fraction of sp³-hybridized carbons (Fsp3) is 0.406. The number of nitrogens with zero attached hydrogens (tertiary/aromatic N) is 2. The molecule has 0 aliphatic carbocycles. The highest BCUT2D eigenvalue weighted by atomic mass is 16.6. The number of ether oxygens (including phenoxy) is 3. The van der Waals surface area contributed by atoms with Crippen molar-refractivity contribution < 1.29 is 43.0 Å². The maximum absolute atomic E-state index is 13.5. The summed E-state index contributed by atoms with van der Waals surface area (Å²) in [5.74, 6) is -3.07. The number of hydrazone groups is 1. The summed E-state index contributed by atoms with van der Waals surface area (Å²) in [5, 5.41) is 9.33. The number of methoxy groups -OCH3 is 1. The van der Waals surface area contributed by atoms with Crippen molar-refractivity contribution in [1.29, 1.82) is 0 Å². The van der Waals surface area contributed by atoms with Crippen molar-refractivity contribution >= 4 is 47.8 Å². The van der Waals surface area contributed by atoms with Gasteiger partial charge in [0.1, 0.15) is 23.9 Å². The Labute approximate surface area is 273 Å². The predicted octanol–water partition coefficient (Wildman–Crippen LogP) is 3.38. The van der Waals surface area contributed by atoms with Gasteiger partial charge in [-0.15, -0.1) is 0 Å². The molecule has 0 radical (unpaired) electrons. The van der Waals surface area contributed by atoms with Crippen molar-refractivity contribution in [1.82, 2.24) is 21.2 Å². The molecule has 47 heavy (non-hydrogen) atoms. The molecule has 0 unspecified atom stereocenters. The molecule has 0 spiro atoms. The summed E-state index contributed by atoms with van der Waals surface area (Å²) in [5.41, 5.74) is 5.07. The number of rotatable bonds is 10. The molecule has 15 heteroatoms. The van der Waals surface area contributed by atoms with E-state index < -0.39 is 60.5 Å². The summed E-state index contributed by atoms with van der Waals surface area (Å²) >= 11 is 0. The quantitative estimate of drug-likeness (QED) is 0.129. The van der Waals surface area contributed by atoms with Crippen LogP contribution in [0.2, 0.25) is 0 Å². The zero-order valence-corrected chi connectivity index (χ0v) is 27.8. The Balaban J connectivity index is 2.22. The Morgan fingerprint density at radius 3 is 2.13 bits per heavy atom. The number of hydrazine groups is 1. The second-order valence-electron chi connectivity index (χ2n) is 12.2. The Bertz CT molecular complexity index is 1480. The molecular formula is C32H42N6O9. The van der Waals surface area contributed by atoms with Crippen molar-refractivity contribution in [3.8, 4) is 5.75 Å². The van der Waals surface area contributed by atoms with Gasteiger partial charge in [0.25, 0.3) is 5.91 Å². The first-order valence-corrected chi connectivity index (χ1v) is 14.5. The van der Waals surface area contributed by atoms with Crippen LogP contribution in [0.3, 0.4) is 0 Å². The fourth-order valence-corrected chi connectivity index (χ4v) is 3.91. The van der Waals surface area contributed by atoms with E-state index in [1.807, 2.05) is 20.8 Å². The van der Waals surface area contributed by atoms with Gasteiger partial charge in [0.05, 0.1) is 19.7 Å². The van der Waals surface area contributed by atoms with Crippen molar-refractivity contribution in [3.63, 3.8) is 0 Å². The van der Waals surface area contributed by atoms with Gasteiger partial charge in [-0.2, -0.15) is 5.10 Å². The van der Waals surface area contributed by atoms with Gasteiger partial charge in [-0.1, -0.05) is 51.1 Å². The first-order valence-electron chi connectivity index (χ1n) is 14.5. The smallest absolute Gasteiger partial charge is 0.428 e. The second kappa shape index (κ2) is 16.7. The van der Waals surface area contributed by atoms with Crippen molar-refractivity contribution in [2.75, 3.05) is 19.0 Å². The second-order valence-corrected chi connectivity index (χ2v) is 12.2. The van der Waals surface area contributed by atoms with E-state index in [1.165, 1.54) is 18.3 Å². The van der Waals surface area contributed by atoms with E-state index >= 15 is 0 Å². The van der Waals surface area contributed by atoms with Gasteiger partial charge in [0.15, 0.2) is 0 Å². The van der Waals surface area contributed by atoms with Gasteiger partial charge in [-0.05, 0) is 49.9 Å². The number of amides is 5. The molecule has 2 aromatic rings. The Morgan fingerprint density at radius 2 is 1.55 bits per heavy atom. The van der Waals surface area contributed by atoms with Crippen LogP contribution in [0.15, 0.2) is 53.6 Å². The van der Waals surface area contributed by atoms with Crippen LogP contribution in [0.5, 0.6) is 5.75 Å². The molecule has 0 fully saturated rings. The predicted molar refractivity (Wildman–Crippen MR) is 172 cm³/mol. The van der Waals surface area contributed by atoms with Crippen LogP contribution in [0.1, 0.15) is 66.0 Å². The molecule has 0 saturated heterocycles. The van der Waals surface area contributed by atoms with Crippen LogP contribution in [-0.2, 0) is 34.1 Å². The Morgan fingerprint density at radius 1 is 0.915 bits per heavy atom. The lowest BCUT2D eigenvalue weighted by Gasteiger charge is -2.27. The molecule has 254 valence electrons. The number of benzene rings is 2. The highest BCUT2D eigenvalue weighted by molar-refractivity contribution is 5.96. The number of carbonyl (C=O) groups is 6. The first-order chi connectivity index (χ1) is 21.9. The van der Waals surface area contributed by atoms with E-state index in [9.17, 15) is 28.8 Å². The molecule has 0 aliphatic heterocycles. The number of anilines is 1. The minimum atomic E-state index is -1.47. The number of hydrogen-bond acceptors (Lipinski definition) is 10. The van der Waals surface area contributed by atoms with E-state index in [2.05, 4.69) is 31.3 Å². The molecule has 1 atom stereocenters. The Hall–Kier alpha value is -5.47. The van der Waals surface area contributed by atoms with E-state index in [4.69, 9.17) is 9.47 Å². The van der Waals surface area contributed by atoms with E-state index in [0.29, 0.717) is 16.3 Å². The van der Waals surface area contributed by atoms with Gasteiger partial charge in [0, 0.05) is 18.2 Å². The van der Waals surface area contributed by atoms with Crippen molar-refractivity contribution in [2.24, 2.45) is 5.10 Å². The average molecular weight is 655 g/mol. The van der Waals surface area contributed by atoms with Gasteiger partial charge in [-0.3, -0.25) is 14.4 Å². The SMILES string of the molecule is COC(=O)C[C@H](NC(C)=O)C(=O)N(CC(=O)Oc1ccccc1C(C)(C)C)NC(=O)Nc1ccc(C=NNC(=O)OC(C)(C)C)cc1. The standard InChI is InChI=1S/C32H42N6O9/c1-20(39)34-24(17-26(40)45-8)28(42)38(19-27(41)46-25-12-10-9-11-23(25)31(2,3)4)37-29(43)35-22-15-13-21(14-16-22)18-33-36-30(44)47-32(5,6)7/h9-16,18,24H,17,19H2,1-8H3,(H,34,39)(H,36,44)(H2,35,37,43)/t24-/m0/s1. The van der Waals surface area contributed by atoms with E-state index in [1.54, 1.807) is 57.2 Å². The normalized spacial score (nSPS) is 11.9. The molecule has 4 N–H and O–H groups in total. The zero-order valence-electron chi connectivity index (χ0n) is 27.8. The number of hydrogen-bond donors (Lipinski definition) is 4. The number of esters is 2. The Kier molecular flexibility index (Phi) is 13.4. The molecule has 0 heterocycles. The summed E-state index contributed by atoms with van der Waals surface area (Å²) in [6.45, 7) is 11.3. The van der Waals surface area contributed by atoms with Crippen LogP contribution in [0.25, 0.3) is 0 Å². The lowest BCUT2D eigenvalue weighted by Crippen LogP contribution is -2.57. The molecule has 0 saturated carbocycles. The van der Waals surface area contributed by atoms with Crippen LogP contribution in [0, 0.1) is 0 Å². The number of carbonyl (C=O) groups excluding carboxylic acids is 6. The summed E-state index contributed by atoms with van der Waals surface area (Å²) in [4.78, 5) is 75.1. The van der Waals surface area contributed by atoms with Crippen LogP contribution in [0.4, 0.5) is 15.3 Å².